The number of nitrogens with one attached hydrogen (secondary N) is 1. The Morgan fingerprint density at radius 1 is 1.27 bits per heavy atom. The summed E-state index contributed by atoms with van der Waals surface area (Å²) in [6.45, 7) is 0. The highest BCUT2D eigenvalue weighted by molar-refractivity contribution is 5.81. The van der Waals surface area contributed by atoms with Crippen molar-refractivity contribution in [2.24, 2.45) is 7.05 Å². The normalized spacial score (nSPS) is 11.0. The predicted octanol–water partition coefficient (Wildman–Crippen LogP) is 1.36. The van der Waals surface area contributed by atoms with E-state index in [0.717, 1.165) is 22.2 Å². The number of hydrogen-bond acceptors (Lipinski definition) is 3. The van der Waals surface area contributed by atoms with Crippen molar-refractivity contribution in [2.75, 3.05) is 0 Å². The minimum Gasteiger partial charge on any atom is -0.276 e. The van der Waals surface area contributed by atoms with Crippen molar-refractivity contribution in [3.8, 4) is 11.3 Å². The van der Waals surface area contributed by atoms with Gasteiger partial charge in [-0.15, -0.1) is 0 Å². The molecule has 0 fully saturated rings. The van der Waals surface area contributed by atoms with Gasteiger partial charge in [-0.25, -0.2) is 0 Å². The second kappa shape index (κ2) is 2.91. The van der Waals surface area contributed by atoms with Gasteiger partial charge >= 0.3 is 0 Å². The summed E-state index contributed by atoms with van der Waals surface area (Å²) in [5.41, 5.74) is 2.88. The molecule has 3 rings (SSSR count). The Balaban J connectivity index is 2.18. The zero-order chi connectivity index (χ0) is 10.3. The number of aromatic amines is 1. The van der Waals surface area contributed by atoms with Gasteiger partial charge in [0.1, 0.15) is 0 Å². The summed E-state index contributed by atoms with van der Waals surface area (Å²) in [6, 6.07) is 2.00. The molecule has 3 aromatic rings. The lowest BCUT2D eigenvalue weighted by Crippen LogP contribution is -1.84. The van der Waals surface area contributed by atoms with Gasteiger partial charge in [0.25, 0.3) is 0 Å². The van der Waals surface area contributed by atoms with E-state index in [1.54, 1.807) is 23.3 Å². The Morgan fingerprint density at radius 3 is 3.00 bits per heavy atom. The Bertz CT molecular complexity index is 607. The Labute approximate surface area is 85.8 Å². The molecule has 0 atom stereocenters. The van der Waals surface area contributed by atoms with Crippen LogP contribution in [0.2, 0.25) is 0 Å². The molecule has 0 aliphatic rings. The number of rotatable bonds is 1. The summed E-state index contributed by atoms with van der Waals surface area (Å²) in [5, 5.41) is 12.0. The van der Waals surface area contributed by atoms with Gasteiger partial charge in [0.2, 0.25) is 0 Å². The smallest absolute Gasteiger partial charge is 0.0833 e. The number of nitrogens with zero attached hydrogens (tertiary/aromatic N) is 4. The van der Waals surface area contributed by atoms with Crippen LogP contribution in [-0.2, 0) is 7.05 Å². The first-order valence-electron chi connectivity index (χ1n) is 4.61. The predicted molar refractivity (Wildman–Crippen MR) is 56.1 cm³/mol. The quantitative estimate of drug-likeness (QED) is 0.643. The molecule has 0 saturated carbocycles. The molecule has 0 amide bonds. The van der Waals surface area contributed by atoms with E-state index >= 15 is 0 Å². The first kappa shape index (κ1) is 8.16. The van der Waals surface area contributed by atoms with Crippen LogP contribution >= 0.6 is 0 Å². The van der Waals surface area contributed by atoms with Gasteiger partial charge in [-0.1, -0.05) is 0 Å². The van der Waals surface area contributed by atoms with Crippen molar-refractivity contribution in [3.05, 3.63) is 30.9 Å². The Kier molecular flexibility index (Phi) is 1.58. The summed E-state index contributed by atoms with van der Waals surface area (Å²) < 4.78 is 1.76. The van der Waals surface area contributed by atoms with Crippen LogP contribution in [0.15, 0.2) is 30.9 Å². The lowest BCUT2D eigenvalue weighted by Gasteiger charge is -1.95. The third-order valence-corrected chi connectivity index (χ3v) is 2.33. The molecule has 0 aliphatic carbocycles. The van der Waals surface area contributed by atoms with E-state index in [1.807, 2.05) is 19.3 Å². The molecule has 0 bridgehead atoms. The first-order valence-corrected chi connectivity index (χ1v) is 4.61. The van der Waals surface area contributed by atoms with Gasteiger partial charge < -0.3 is 0 Å². The van der Waals surface area contributed by atoms with Crippen LogP contribution < -0.4 is 0 Å². The first-order chi connectivity index (χ1) is 7.33. The second-order valence-electron chi connectivity index (χ2n) is 3.43. The zero-order valence-corrected chi connectivity index (χ0v) is 8.18. The number of hydrogen-bond donors (Lipinski definition) is 1. The fourth-order valence-electron chi connectivity index (χ4n) is 1.55. The molecule has 3 heterocycles. The van der Waals surface area contributed by atoms with Crippen molar-refractivity contribution >= 4 is 10.9 Å². The molecular formula is C10H9N5. The third-order valence-electron chi connectivity index (χ3n) is 2.33. The molecule has 0 spiro atoms. The average Bonchev–Trinajstić information content (AvgIpc) is 2.84. The number of aromatic nitrogens is 5. The molecule has 15 heavy (non-hydrogen) atoms. The van der Waals surface area contributed by atoms with E-state index in [-0.39, 0.29) is 0 Å². The van der Waals surface area contributed by atoms with Crippen LogP contribution in [0, 0.1) is 0 Å². The highest BCUT2D eigenvalue weighted by Crippen LogP contribution is 2.19. The van der Waals surface area contributed by atoms with Crippen molar-refractivity contribution in [1.29, 1.82) is 0 Å². The van der Waals surface area contributed by atoms with Gasteiger partial charge in [-0.2, -0.15) is 10.2 Å². The number of aryl methyl sites for hydroxylation is 1. The van der Waals surface area contributed by atoms with E-state index < -0.39 is 0 Å². The maximum absolute atomic E-state index is 4.34. The highest BCUT2D eigenvalue weighted by atomic mass is 15.2. The maximum atomic E-state index is 4.34. The average molecular weight is 199 g/mol. The van der Waals surface area contributed by atoms with Crippen LogP contribution in [-0.4, -0.2) is 25.0 Å². The van der Waals surface area contributed by atoms with Crippen LogP contribution in [0.25, 0.3) is 22.2 Å². The van der Waals surface area contributed by atoms with Crippen LogP contribution in [0.4, 0.5) is 0 Å². The third kappa shape index (κ3) is 1.28. The van der Waals surface area contributed by atoms with E-state index in [4.69, 9.17) is 0 Å². The fourth-order valence-corrected chi connectivity index (χ4v) is 1.55. The number of H-pyrrole nitrogens is 1. The van der Waals surface area contributed by atoms with Gasteiger partial charge in [-0.3, -0.25) is 14.8 Å². The lowest BCUT2D eigenvalue weighted by atomic mass is 10.2. The molecule has 5 nitrogen and oxygen atoms in total. The summed E-state index contributed by atoms with van der Waals surface area (Å²) in [4.78, 5) is 4.34. The molecule has 1 N–H and O–H groups in total. The zero-order valence-electron chi connectivity index (χ0n) is 8.18. The molecule has 0 radical (unpaired) electrons. The largest absolute Gasteiger partial charge is 0.276 e. The maximum Gasteiger partial charge on any atom is 0.0833 e. The molecule has 0 unspecified atom stereocenters. The van der Waals surface area contributed by atoms with Crippen LogP contribution in [0.1, 0.15) is 0 Å². The summed E-state index contributed by atoms with van der Waals surface area (Å²) in [6.07, 6.45) is 7.31. The Hall–Kier alpha value is -2.17. The fraction of sp³-hybridized carbons (Fsp3) is 0.100. The summed E-state index contributed by atoms with van der Waals surface area (Å²) >= 11 is 0. The van der Waals surface area contributed by atoms with Gasteiger partial charge in [0, 0.05) is 24.2 Å². The van der Waals surface area contributed by atoms with Crippen LogP contribution in [0.5, 0.6) is 0 Å². The van der Waals surface area contributed by atoms with Crippen molar-refractivity contribution in [1.82, 2.24) is 25.0 Å². The van der Waals surface area contributed by atoms with Crippen molar-refractivity contribution < 1.29 is 0 Å². The standard InChI is InChI=1S/C10H9N5/c1-15-6-8(4-13-15)9-2-7-3-12-14-10(7)5-11-9/h2-6H,1H3,(H,12,14). The minimum absolute atomic E-state index is 0.914. The molecule has 0 saturated heterocycles. The van der Waals surface area contributed by atoms with Gasteiger partial charge in [0.15, 0.2) is 0 Å². The molecule has 74 valence electrons. The minimum atomic E-state index is 0.914. The Morgan fingerprint density at radius 2 is 2.20 bits per heavy atom. The van der Waals surface area contributed by atoms with Crippen molar-refractivity contribution in [2.45, 2.75) is 0 Å². The van der Waals surface area contributed by atoms with E-state index in [0.29, 0.717) is 0 Å². The molecule has 3 aromatic heterocycles. The molecule has 0 aliphatic heterocycles. The SMILES string of the molecule is Cn1cc(-c2cc3cn[nH]c3cn2)cn1. The van der Waals surface area contributed by atoms with Crippen molar-refractivity contribution in [3.63, 3.8) is 0 Å². The summed E-state index contributed by atoms with van der Waals surface area (Å²) in [5.74, 6) is 0. The van der Waals surface area contributed by atoms with Gasteiger partial charge in [0.05, 0.1) is 29.8 Å². The molecular weight excluding hydrogens is 190 g/mol. The highest BCUT2D eigenvalue weighted by Gasteiger charge is 2.03. The monoisotopic (exact) mass is 199 g/mol. The van der Waals surface area contributed by atoms with E-state index in [1.165, 1.54) is 0 Å². The lowest BCUT2D eigenvalue weighted by molar-refractivity contribution is 0.768. The van der Waals surface area contributed by atoms with Gasteiger partial charge in [-0.05, 0) is 6.07 Å². The molecule has 0 aromatic carbocycles. The van der Waals surface area contributed by atoms with Crippen LogP contribution in [0.3, 0.4) is 0 Å². The molecule has 5 heteroatoms. The van der Waals surface area contributed by atoms with E-state index in [2.05, 4.69) is 20.3 Å². The topological polar surface area (TPSA) is 59.4 Å². The number of pyridine rings is 1. The van der Waals surface area contributed by atoms with E-state index in [9.17, 15) is 0 Å². The second-order valence-corrected chi connectivity index (χ2v) is 3.43. The number of fused-ring (bicyclic) bond motifs is 1. The summed E-state index contributed by atoms with van der Waals surface area (Å²) in [7, 11) is 1.89.